The van der Waals surface area contributed by atoms with Gasteiger partial charge in [0, 0.05) is 10.7 Å². The Kier molecular flexibility index (Phi) is 5.57. The number of rotatable bonds is 4. The van der Waals surface area contributed by atoms with Crippen molar-refractivity contribution in [1.29, 1.82) is 0 Å². The maximum Gasteiger partial charge on any atom is 0.331 e. The molecule has 0 unspecified atom stereocenters. The highest BCUT2D eigenvalue weighted by molar-refractivity contribution is 9.10. The number of hydrogen-bond acceptors (Lipinski definition) is 5. The van der Waals surface area contributed by atoms with E-state index in [1.165, 1.54) is 20.0 Å². The fourth-order valence-corrected chi connectivity index (χ4v) is 4.25. The van der Waals surface area contributed by atoms with E-state index in [4.69, 9.17) is 9.47 Å². The third-order valence-corrected chi connectivity index (χ3v) is 6.14. The van der Waals surface area contributed by atoms with Crippen molar-refractivity contribution in [2.45, 2.75) is 44.1 Å². The second kappa shape index (κ2) is 7.50. The molecule has 1 saturated heterocycles. The van der Waals surface area contributed by atoms with E-state index in [9.17, 15) is 4.79 Å². The molecule has 0 aromatic carbocycles. The molecule has 3 rings (SSSR count). The normalized spacial score (nSPS) is 22.2. The van der Waals surface area contributed by atoms with Gasteiger partial charge in [-0.2, -0.15) is 0 Å². The van der Waals surface area contributed by atoms with E-state index in [0.29, 0.717) is 5.41 Å². The Morgan fingerprint density at radius 1 is 1.21 bits per heavy atom. The lowest BCUT2D eigenvalue weighted by molar-refractivity contribution is -0.160. The second-order valence-electron chi connectivity index (χ2n) is 6.97. The van der Waals surface area contributed by atoms with E-state index in [1.54, 1.807) is 6.20 Å². The molecular formula is C18H25BrN2O3. The molecule has 0 amide bonds. The number of aromatic nitrogens is 1. The molecule has 2 fully saturated rings. The summed E-state index contributed by atoms with van der Waals surface area (Å²) in [5.74, 6) is -0.339. The Bertz CT molecular complexity index is 560. The minimum Gasteiger partial charge on any atom is -0.467 e. The Hall–Kier alpha value is -0.980. The number of esters is 1. The van der Waals surface area contributed by atoms with Crippen LogP contribution in [0, 0.1) is 5.41 Å². The highest BCUT2D eigenvalue weighted by Crippen LogP contribution is 2.51. The maximum atomic E-state index is 11.6. The number of halogens is 1. The largest absolute Gasteiger partial charge is 0.467 e. The summed E-state index contributed by atoms with van der Waals surface area (Å²) < 4.78 is 11.8. The van der Waals surface area contributed by atoms with E-state index in [-0.39, 0.29) is 12.6 Å². The molecule has 1 spiro atoms. The molecule has 1 aliphatic carbocycles. The number of methoxy groups -OCH3 is 1. The average Bonchev–Trinajstić information content (AvgIpc) is 2.63. The number of carbonyl (C=O) groups is 1. The highest BCUT2D eigenvalue weighted by atomic mass is 79.9. The van der Waals surface area contributed by atoms with E-state index in [2.05, 4.69) is 26.2 Å². The molecule has 6 heteroatoms. The van der Waals surface area contributed by atoms with Gasteiger partial charge in [-0.15, -0.1) is 0 Å². The summed E-state index contributed by atoms with van der Waals surface area (Å²) in [7, 11) is 1.39. The quantitative estimate of drug-likeness (QED) is 0.791. The molecule has 1 N–H and O–H groups in total. The Morgan fingerprint density at radius 2 is 1.92 bits per heavy atom. The smallest absolute Gasteiger partial charge is 0.331 e. The summed E-state index contributed by atoms with van der Waals surface area (Å²) >= 11 is 3.43. The minimum atomic E-state index is -0.481. The van der Waals surface area contributed by atoms with Crippen LogP contribution in [0.15, 0.2) is 22.8 Å². The van der Waals surface area contributed by atoms with Crippen molar-refractivity contribution in [3.8, 4) is 0 Å². The van der Waals surface area contributed by atoms with Crippen molar-refractivity contribution in [3.63, 3.8) is 0 Å². The predicted molar refractivity (Wildman–Crippen MR) is 94.6 cm³/mol. The summed E-state index contributed by atoms with van der Waals surface area (Å²) in [6, 6.07) is 3.99. The van der Waals surface area contributed by atoms with Gasteiger partial charge in [-0.25, -0.2) is 4.79 Å². The SMILES string of the molecule is COC(=O)COC1(c2ccc(Br)cn2)CCC2(CCNCC2)CC1. The van der Waals surface area contributed by atoms with Crippen LogP contribution in [-0.2, 0) is 19.9 Å². The summed E-state index contributed by atoms with van der Waals surface area (Å²) in [4.78, 5) is 16.2. The van der Waals surface area contributed by atoms with Gasteiger partial charge in [0.15, 0.2) is 0 Å². The lowest BCUT2D eigenvalue weighted by Crippen LogP contribution is -2.45. The first-order valence-electron chi connectivity index (χ1n) is 8.61. The number of nitrogens with zero attached hydrogens (tertiary/aromatic N) is 1. The third kappa shape index (κ3) is 3.81. The van der Waals surface area contributed by atoms with Gasteiger partial charge < -0.3 is 14.8 Å². The summed E-state index contributed by atoms with van der Waals surface area (Å²) in [5, 5.41) is 3.45. The fraction of sp³-hybridized carbons (Fsp3) is 0.667. The van der Waals surface area contributed by atoms with Crippen molar-refractivity contribution in [1.82, 2.24) is 10.3 Å². The van der Waals surface area contributed by atoms with Crippen molar-refractivity contribution >= 4 is 21.9 Å². The van der Waals surface area contributed by atoms with Gasteiger partial charge in [0.1, 0.15) is 12.2 Å². The van der Waals surface area contributed by atoms with Crippen LogP contribution in [0.2, 0.25) is 0 Å². The molecule has 0 radical (unpaired) electrons. The van der Waals surface area contributed by atoms with Gasteiger partial charge in [-0.3, -0.25) is 4.98 Å². The zero-order chi connectivity index (χ0) is 17.0. The van der Waals surface area contributed by atoms with E-state index >= 15 is 0 Å². The summed E-state index contributed by atoms with van der Waals surface area (Å²) in [6.45, 7) is 2.18. The van der Waals surface area contributed by atoms with Gasteiger partial charge in [-0.1, -0.05) is 0 Å². The number of piperidine rings is 1. The first-order valence-corrected chi connectivity index (χ1v) is 9.40. The molecular weight excluding hydrogens is 372 g/mol. The van der Waals surface area contributed by atoms with Crippen molar-refractivity contribution in [3.05, 3.63) is 28.5 Å². The Labute approximate surface area is 151 Å². The van der Waals surface area contributed by atoms with Gasteiger partial charge in [0.25, 0.3) is 0 Å². The van der Waals surface area contributed by atoms with Crippen LogP contribution in [-0.4, -0.2) is 37.8 Å². The zero-order valence-electron chi connectivity index (χ0n) is 14.1. The molecule has 0 bridgehead atoms. The Morgan fingerprint density at radius 3 is 2.50 bits per heavy atom. The molecule has 24 heavy (non-hydrogen) atoms. The topological polar surface area (TPSA) is 60.5 Å². The average molecular weight is 397 g/mol. The zero-order valence-corrected chi connectivity index (χ0v) is 15.7. The lowest BCUT2D eigenvalue weighted by Gasteiger charge is -2.47. The molecule has 1 aromatic rings. The number of hydrogen-bond donors (Lipinski definition) is 1. The summed E-state index contributed by atoms with van der Waals surface area (Å²) in [5.41, 5.74) is 0.863. The number of pyridine rings is 1. The van der Waals surface area contributed by atoms with Crippen LogP contribution in [0.1, 0.15) is 44.2 Å². The standard InChI is InChI=1S/C18H25BrN2O3/c1-23-16(22)13-24-18(15-3-2-14(19)12-21-15)6-4-17(5-7-18)8-10-20-11-9-17/h2-3,12,20H,4-11,13H2,1H3. The lowest BCUT2D eigenvalue weighted by atomic mass is 9.63. The first kappa shape index (κ1) is 17.8. The molecule has 1 aromatic heterocycles. The van der Waals surface area contributed by atoms with E-state index in [1.807, 2.05) is 12.1 Å². The molecule has 132 valence electrons. The monoisotopic (exact) mass is 396 g/mol. The second-order valence-corrected chi connectivity index (χ2v) is 7.89. The summed E-state index contributed by atoms with van der Waals surface area (Å²) in [6.07, 6.45) is 8.30. The van der Waals surface area contributed by atoms with Crippen LogP contribution in [0.25, 0.3) is 0 Å². The van der Waals surface area contributed by atoms with E-state index < -0.39 is 5.60 Å². The maximum absolute atomic E-state index is 11.6. The van der Waals surface area contributed by atoms with Crippen molar-refractivity contribution in [2.75, 3.05) is 26.8 Å². The van der Waals surface area contributed by atoms with Gasteiger partial charge >= 0.3 is 5.97 Å². The highest BCUT2D eigenvalue weighted by Gasteiger charge is 2.45. The molecule has 2 heterocycles. The van der Waals surface area contributed by atoms with Crippen LogP contribution < -0.4 is 5.32 Å². The van der Waals surface area contributed by atoms with Crippen molar-refractivity contribution < 1.29 is 14.3 Å². The number of ether oxygens (including phenoxy) is 2. The fourth-order valence-electron chi connectivity index (χ4n) is 4.02. The van der Waals surface area contributed by atoms with Crippen molar-refractivity contribution in [2.24, 2.45) is 5.41 Å². The van der Waals surface area contributed by atoms with Gasteiger partial charge in [-0.05, 0) is 85.1 Å². The van der Waals surface area contributed by atoms with Crippen LogP contribution in [0.5, 0.6) is 0 Å². The first-order chi connectivity index (χ1) is 11.6. The minimum absolute atomic E-state index is 0.0250. The van der Waals surface area contributed by atoms with Crippen LogP contribution >= 0.6 is 15.9 Å². The molecule has 0 atom stereocenters. The molecule has 5 nitrogen and oxygen atoms in total. The van der Waals surface area contributed by atoms with Gasteiger partial charge in [0.2, 0.25) is 0 Å². The number of nitrogens with one attached hydrogen (secondary N) is 1. The van der Waals surface area contributed by atoms with Crippen LogP contribution in [0.3, 0.4) is 0 Å². The predicted octanol–water partition coefficient (Wildman–Crippen LogP) is 3.17. The molecule has 1 aliphatic heterocycles. The molecule has 1 saturated carbocycles. The molecule has 2 aliphatic rings. The Balaban J connectivity index is 1.78. The van der Waals surface area contributed by atoms with Crippen LogP contribution in [0.4, 0.5) is 0 Å². The number of carbonyl (C=O) groups excluding carboxylic acids is 1. The third-order valence-electron chi connectivity index (χ3n) is 5.67. The van der Waals surface area contributed by atoms with Gasteiger partial charge in [0.05, 0.1) is 12.8 Å². The van der Waals surface area contributed by atoms with E-state index in [0.717, 1.165) is 48.9 Å².